The molecule has 0 aliphatic heterocycles. The van der Waals surface area contributed by atoms with Crippen molar-refractivity contribution in [3.05, 3.63) is 50.7 Å². The van der Waals surface area contributed by atoms with Gasteiger partial charge in [-0.15, -0.1) is 11.3 Å². The molecule has 1 aliphatic carbocycles. The van der Waals surface area contributed by atoms with Crippen LogP contribution in [0.2, 0.25) is 5.02 Å². The van der Waals surface area contributed by atoms with Gasteiger partial charge in [-0.05, 0) is 49.6 Å². The third-order valence-corrected chi connectivity index (χ3v) is 5.05. The second-order valence-electron chi connectivity index (χ2n) is 5.42. The van der Waals surface area contributed by atoms with Crippen LogP contribution in [0.25, 0.3) is 0 Å². The molecule has 1 fully saturated rings. The topological polar surface area (TPSA) is 21.3 Å². The lowest BCUT2D eigenvalue weighted by atomic mass is 10.2. The smallest absolute Gasteiger partial charge is 0.124 e. The average Bonchev–Trinajstić information content (AvgIpc) is 3.21. The minimum absolute atomic E-state index is 0.628. The zero-order valence-corrected chi connectivity index (χ0v) is 13.8. The van der Waals surface area contributed by atoms with Gasteiger partial charge in [0.05, 0.1) is 0 Å². The highest BCUT2D eigenvalue weighted by Gasteiger charge is 2.20. The normalized spacial score (nSPS) is 14.4. The van der Waals surface area contributed by atoms with Gasteiger partial charge >= 0.3 is 0 Å². The first-order valence-corrected chi connectivity index (χ1v) is 8.66. The molecule has 2 nitrogen and oxygen atoms in total. The van der Waals surface area contributed by atoms with E-state index < -0.39 is 0 Å². The van der Waals surface area contributed by atoms with Crippen LogP contribution in [0, 0.1) is 0 Å². The van der Waals surface area contributed by atoms with E-state index in [4.69, 9.17) is 16.3 Å². The number of thiophene rings is 1. The molecule has 1 N–H and O–H groups in total. The fourth-order valence-electron chi connectivity index (χ4n) is 2.21. The average molecular weight is 322 g/mol. The first-order chi connectivity index (χ1) is 10.2. The molecule has 1 aliphatic rings. The molecule has 0 radical (unpaired) electrons. The van der Waals surface area contributed by atoms with E-state index in [1.165, 1.54) is 22.6 Å². The second-order valence-corrected chi connectivity index (χ2v) is 7.11. The first kappa shape index (κ1) is 14.9. The Morgan fingerprint density at radius 3 is 2.76 bits per heavy atom. The van der Waals surface area contributed by atoms with Crippen molar-refractivity contribution in [1.29, 1.82) is 0 Å². The van der Waals surface area contributed by atoms with Crippen LogP contribution in [-0.4, -0.2) is 6.04 Å². The van der Waals surface area contributed by atoms with Crippen LogP contribution in [0.15, 0.2) is 30.3 Å². The Hall–Kier alpha value is -1.03. The number of hydrogen-bond acceptors (Lipinski definition) is 3. The van der Waals surface area contributed by atoms with E-state index in [9.17, 15) is 0 Å². The maximum absolute atomic E-state index is 6.11. The van der Waals surface area contributed by atoms with Crippen molar-refractivity contribution in [2.24, 2.45) is 0 Å². The third-order valence-electron chi connectivity index (χ3n) is 3.62. The Kier molecular flexibility index (Phi) is 4.84. The van der Waals surface area contributed by atoms with Gasteiger partial charge in [-0.25, -0.2) is 0 Å². The molecule has 0 amide bonds. The molecule has 4 heteroatoms. The monoisotopic (exact) mass is 321 g/mol. The summed E-state index contributed by atoms with van der Waals surface area (Å²) >= 11 is 7.93. The van der Waals surface area contributed by atoms with Crippen molar-refractivity contribution in [3.8, 4) is 5.75 Å². The van der Waals surface area contributed by atoms with Crippen molar-refractivity contribution < 1.29 is 4.74 Å². The van der Waals surface area contributed by atoms with Crippen molar-refractivity contribution in [1.82, 2.24) is 5.32 Å². The molecule has 1 saturated carbocycles. The molecular formula is C17H20ClNOS. The summed E-state index contributed by atoms with van der Waals surface area (Å²) in [6.07, 6.45) is 3.65. The van der Waals surface area contributed by atoms with Gasteiger partial charge in [0.1, 0.15) is 12.4 Å². The molecule has 0 atom stereocenters. The van der Waals surface area contributed by atoms with Crippen LogP contribution in [0.3, 0.4) is 0 Å². The lowest BCUT2D eigenvalue weighted by Gasteiger charge is -2.12. The molecule has 3 rings (SSSR count). The van der Waals surface area contributed by atoms with Crippen molar-refractivity contribution in [2.45, 2.75) is 45.4 Å². The summed E-state index contributed by atoms with van der Waals surface area (Å²) < 4.78 is 6.00. The van der Waals surface area contributed by atoms with E-state index in [-0.39, 0.29) is 0 Å². The van der Waals surface area contributed by atoms with Gasteiger partial charge in [0.2, 0.25) is 0 Å². The highest BCUT2D eigenvalue weighted by Crippen LogP contribution is 2.27. The van der Waals surface area contributed by atoms with Gasteiger partial charge in [0, 0.05) is 32.9 Å². The predicted octanol–water partition coefficient (Wildman–Crippen LogP) is 4.79. The zero-order chi connectivity index (χ0) is 14.7. The number of nitrogens with one attached hydrogen (secondary N) is 1. The molecule has 0 saturated heterocycles. The highest BCUT2D eigenvalue weighted by atomic mass is 35.5. The third kappa shape index (κ3) is 4.22. The molecule has 1 aromatic heterocycles. The van der Waals surface area contributed by atoms with Crippen LogP contribution in [0.5, 0.6) is 5.75 Å². The lowest BCUT2D eigenvalue weighted by Crippen LogP contribution is -2.16. The summed E-state index contributed by atoms with van der Waals surface area (Å²) in [4.78, 5) is 2.67. The lowest BCUT2D eigenvalue weighted by molar-refractivity contribution is 0.305. The van der Waals surface area contributed by atoms with E-state index in [1.807, 2.05) is 29.5 Å². The fraction of sp³-hybridized carbons (Fsp3) is 0.412. The van der Waals surface area contributed by atoms with Gasteiger partial charge < -0.3 is 10.1 Å². The van der Waals surface area contributed by atoms with Crippen LogP contribution in [-0.2, 0) is 19.6 Å². The van der Waals surface area contributed by atoms with E-state index in [2.05, 4.69) is 24.4 Å². The van der Waals surface area contributed by atoms with Crippen molar-refractivity contribution in [2.75, 3.05) is 0 Å². The second kappa shape index (κ2) is 6.82. The summed E-state index contributed by atoms with van der Waals surface area (Å²) in [5.74, 6) is 0.930. The molecule has 0 bridgehead atoms. The van der Waals surface area contributed by atoms with Gasteiger partial charge in [-0.3, -0.25) is 0 Å². The van der Waals surface area contributed by atoms with E-state index in [0.717, 1.165) is 29.3 Å². The summed E-state index contributed by atoms with van der Waals surface area (Å²) in [5, 5.41) is 4.28. The molecule has 1 aromatic carbocycles. The molecule has 0 unspecified atom stereocenters. The maximum atomic E-state index is 6.11. The molecule has 2 aromatic rings. The fourth-order valence-corrected chi connectivity index (χ4v) is 3.27. The quantitative estimate of drug-likeness (QED) is 0.791. The molecule has 112 valence electrons. The first-order valence-electron chi connectivity index (χ1n) is 7.47. The number of rotatable bonds is 7. The zero-order valence-electron chi connectivity index (χ0n) is 12.2. The summed E-state index contributed by atoms with van der Waals surface area (Å²) in [7, 11) is 0. The SMILES string of the molecule is CCc1ccc(COc2ccc(Cl)cc2CNC2CC2)s1. The summed E-state index contributed by atoms with van der Waals surface area (Å²) in [5.41, 5.74) is 1.14. The number of benzene rings is 1. The maximum Gasteiger partial charge on any atom is 0.124 e. The van der Waals surface area contributed by atoms with Gasteiger partial charge in [-0.1, -0.05) is 18.5 Å². The minimum Gasteiger partial charge on any atom is -0.488 e. The number of halogens is 1. The van der Waals surface area contributed by atoms with Gasteiger partial charge in [0.15, 0.2) is 0 Å². The van der Waals surface area contributed by atoms with Crippen LogP contribution in [0.4, 0.5) is 0 Å². The van der Waals surface area contributed by atoms with Crippen LogP contribution >= 0.6 is 22.9 Å². The summed E-state index contributed by atoms with van der Waals surface area (Å²) in [6, 6.07) is 10.9. The molecular weight excluding hydrogens is 302 g/mol. The van der Waals surface area contributed by atoms with Crippen molar-refractivity contribution in [3.63, 3.8) is 0 Å². The van der Waals surface area contributed by atoms with Crippen LogP contribution < -0.4 is 10.1 Å². The van der Waals surface area contributed by atoms with Gasteiger partial charge in [-0.2, -0.15) is 0 Å². The van der Waals surface area contributed by atoms with E-state index in [0.29, 0.717) is 12.6 Å². The summed E-state index contributed by atoms with van der Waals surface area (Å²) in [6.45, 7) is 3.63. The number of aryl methyl sites for hydroxylation is 1. The van der Waals surface area contributed by atoms with E-state index in [1.54, 1.807) is 0 Å². The Bertz CT molecular complexity index is 607. The molecule has 1 heterocycles. The number of ether oxygens (including phenoxy) is 1. The predicted molar refractivity (Wildman–Crippen MR) is 89.3 cm³/mol. The molecule has 0 spiro atoms. The Balaban J connectivity index is 1.65. The standard InChI is InChI=1S/C17H20ClNOS/c1-2-15-6-7-16(21-15)11-20-17-8-3-13(18)9-12(17)10-19-14-4-5-14/h3,6-9,14,19H,2,4-5,10-11H2,1H3. The molecule has 21 heavy (non-hydrogen) atoms. The Morgan fingerprint density at radius 2 is 2.05 bits per heavy atom. The Morgan fingerprint density at radius 1 is 1.24 bits per heavy atom. The number of hydrogen-bond donors (Lipinski definition) is 1. The van der Waals surface area contributed by atoms with E-state index >= 15 is 0 Å². The van der Waals surface area contributed by atoms with Crippen molar-refractivity contribution >= 4 is 22.9 Å². The van der Waals surface area contributed by atoms with Gasteiger partial charge in [0.25, 0.3) is 0 Å². The minimum atomic E-state index is 0.628. The Labute approximate surface area is 135 Å². The van der Waals surface area contributed by atoms with Crippen LogP contribution in [0.1, 0.15) is 35.1 Å². The highest BCUT2D eigenvalue weighted by molar-refractivity contribution is 7.11. The largest absolute Gasteiger partial charge is 0.488 e.